The minimum Gasteiger partial charge on any atom is -0.366 e. The van der Waals surface area contributed by atoms with Crippen LogP contribution in [0.4, 0.5) is 5.82 Å². The van der Waals surface area contributed by atoms with Crippen LogP contribution in [0.3, 0.4) is 0 Å². The van der Waals surface area contributed by atoms with Crippen molar-refractivity contribution >= 4 is 17.6 Å². The maximum atomic E-state index is 9.53. The normalized spacial score (nSPS) is 11.7. The highest BCUT2D eigenvalue weighted by atomic mass is 32.2. The van der Waals surface area contributed by atoms with E-state index in [2.05, 4.69) is 35.2 Å². The Kier molecular flexibility index (Phi) is 5.18. The molecule has 0 amide bonds. The summed E-state index contributed by atoms with van der Waals surface area (Å²) in [5.74, 6) is 0.616. The predicted octanol–water partition coefficient (Wildman–Crippen LogP) is 3.95. The van der Waals surface area contributed by atoms with E-state index in [1.54, 1.807) is 0 Å². The summed E-state index contributed by atoms with van der Waals surface area (Å²) in [5, 5.41) is 13.5. The Morgan fingerprint density at radius 3 is 2.57 bits per heavy atom. The number of nitrogens with zero attached hydrogens (tertiary/aromatic N) is 3. The fourth-order valence-electron chi connectivity index (χ4n) is 1.88. The van der Waals surface area contributed by atoms with Gasteiger partial charge < -0.3 is 5.32 Å². The van der Waals surface area contributed by atoms with Crippen molar-refractivity contribution in [1.82, 2.24) is 9.97 Å². The molecule has 0 spiro atoms. The molecule has 21 heavy (non-hydrogen) atoms. The topological polar surface area (TPSA) is 61.6 Å². The number of hydrogen-bond donors (Lipinski definition) is 1. The fourth-order valence-corrected chi connectivity index (χ4v) is 2.25. The van der Waals surface area contributed by atoms with E-state index in [4.69, 9.17) is 0 Å². The second-order valence-electron chi connectivity index (χ2n) is 4.71. The molecule has 108 valence electrons. The van der Waals surface area contributed by atoms with E-state index >= 15 is 0 Å². The van der Waals surface area contributed by atoms with Crippen LogP contribution in [0.15, 0.2) is 35.5 Å². The predicted molar refractivity (Wildman–Crippen MR) is 87.3 cm³/mol. The minimum absolute atomic E-state index is 0.255. The molecule has 0 fully saturated rings. The van der Waals surface area contributed by atoms with E-state index in [1.807, 2.05) is 36.6 Å². The van der Waals surface area contributed by atoms with Crippen LogP contribution in [0, 0.1) is 11.3 Å². The van der Waals surface area contributed by atoms with Gasteiger partial charge in [0.2, 0.25) is 0 Å². The lowest BCUT2D eigenvalue weighted by molar-refractivity contribution is 0.753. The average molecular weight is 298 g/mol. The Labute approximate surface area is 129 Å². The molecular formula is C16H18N4S. The average Bonchev–Trinajstić information content (AvgIpc) is 2.54. The zero-order valence-corrected chi connectivity index (χ0v) is 13.2. The smallest absolute Gasteiger partial charge is 0.189 e. The number of thioether (sulfide) groups is 1. The highest BCUT2D eigenvalue weighted by molar-refractivity contribution is 7.98. The van der Waals surface area contributed by atoms with E-state index < -0.39 is 0 Å². The molecule has 1 atom stereocenters. The van der Waals surface area contributed by atoms with Crippen molar-refractivity contribution in [2.45, 2.75) is 31.5 Å². The van der Waals surface area contributed by atoms with Crippen LogP contribution in [-0.4, -0.2) is 22.3 Å². The molecule has 2 aromatic rings. The lowest BCUT2D eigenvalue weighted by Gasteiger charge is -2.16. The monoisotopic (exact) mass is 298 g/mol. The van der Waals surface area contributed by atoms with Crippen LogP contribution in [-0.2, 0) is 0 Å². The van der Waals surface area contributed by atoms with Crippen molar-refractivity contribution in [3.05, 3.63) is 35.9 Å². The van der Waals surface area contributed by atoms with Gasteiger partial charge in [0.15, 0.2) is 5.16 Å². The van der Waals surface area contributed by atoms with Gasteiger partial charge in [-0.25, -0.2) is 9.97 Å². The van der Waals surface area contributed by atoms with Crippen LogP contribution in [0.25, 0.3) is 11.3 Å². The van der Waals surface area contributed by atoms with Crippen molar-refractivity contribution in [3.8, 4) is 17.3 Å². The molecule has 1 heterocycles. The van der Waals surface area contributed by atoms with Gasteiger partial charge in [0, 0.05) is 11.6 Å². The Balaban J connectivity index is 2.59. The molecule has 1 aromatic carbocycles. The standard InChI is InChI=1S/C16H18N4S/c1-4-11(2)18-15-13(10-17)14(19-16(20-15)21-3)12-8-6-5-7-9-12/h5-9,11H,4H2,1-3H3,(H,18,19,20). The van der Waals surface area contributed by atoms with Crippen LogP contribution >= 0.6 is 11.8 Å². The number of hydrogen-bond acceptors (Lipinski definition) is 5. The van der Waals surface area contributed by atoms with E-state index in [-0.39, 0.29) is 6.04 Å². The molecule has 0 radical (unpaired) electrons. The summed E-state index contributed by atoms with van der Waals surface area (Å²) >= 11 is 1.47. The third kappa shape index (κ3) is 3.53. The quantitative estimate of drug-likeness (QED) is 0.669. The van der Waals surface area contributed by atoms with Gasteiger partial charge >= 0.3 is 0 Å². The maximum Gasteiger partial charge on any atom is 0.189 e. The zero-order chi connectivity index (χ0) is 15.2. The minimum atomic E-state index is 0.255. The summed E-state index contributed by atoms with van der Waals surface area (Å²) in [5.41, 5.74) is 2.11. The summed E-state index contributed by atoms with van der Waals surface area (Å²) in [7, 11) is 0. The highest BCUT2D eigenvalue weighted by Gasteiger charge is 2.16. The molecule has 1 aromatic heterocycles. The van der Waals surface area contributed by atoms with Crippen LogP contribution in [0.5, 0.6) is 0 Å². The molecule has 1 N–H and O–H groups in total. The van der Waals surface area contributed by atoms with Gasteiger partial charge in [-0.3, -0.25) is 0 Å². The second kappa shape index (κ2) is 7.09. The maximum absolute atomic E-state index is 9.53. The Morgan fingerprint density at radius 1 is 1.29 bits per heavy atom. The second-order valence-corrected chi connectivity index (χ2v) is 5.49. The molecule has 0 aliphatic rings. The first-order valence-electron chi connectivity index (χ1n) is 6.87. The third-order valence-electron chi connectivity index (χ3n) is 3.23. The van der Waals surface area contributed by atoms with Gasteiger partial charge in [0.1, 0.15) is 17.5 Å². The highest BCUT2D eigenvalue weighted by Crippen LogP contribution is 2.28. The lowest BCUT2D eigenvalue weighted by atomic mass is 10.1. The molecule has 0 saturated carbocycles. The molecule has 1 unspecified atom stereocenters. The number of nitrogens with one attached hydrogen (secondary N) is 1. The van der Waals surface area contributed by atoms with Gasteiger partial charge in [0.25, 0.3) is 0 Å². The van der Waals surface area contributed by atoms with E-state index in [0.29, 0.717) is 22.2 Å². The Bertz CT molecular complexity index is 649. The first kappa shape index (κ1) is 15.3. The van der Waals surface area contributed by atoms with Crippen LogP contribution in [0.1, 0.15) is 25.8 Å². The van der Waals surface area contributed by atoms with E-state index in [1.165, 1.54) is 11.8 Å². The summed E-state index contributed by atoms with van der Waals surface area (Å²) < 4.78 is 0. The number of aromatic nitrogens is 2. The molecule has 2 rings (SSSR count). The van der Waals surface area contributed by atoms with Gasteiger partial charge in [-0.05, 0) is 19.6 Å². The number of nitriles is 1. The van der Waals surface area contributed by atoms with E-state index in [0.717, 1.165) is 12.0 Å². The largest absolute Gasteiger partial charge is 0.366 e. The van der Waals surface area contributed by atoms with Crippen LogP contribution < -0.4 is 5.32 Å². The van der Waals surface area contributed by atoms with Gasteiger partial charge in [-0.2, -0.15) is 5.26 Å². The molecule has 0 saturated heterocycles. The third-order valence-corrected chi connectivity index (χ3v) is 3.77. The Hall–Kier alpha value is -2.06. The van der Waals surface area contributed by atoms with Gasteiger partial charge in [-0.1, -0.05) is 49.0 Å². The van der Waals surface area contributed by atoms with Gasteiger partial charge in [0.05, 0.1) is 5.69 Å². The molecule has 0 aliphatic heterocycles. The number of rotatable bonds is 5. The number of benzene rings is 1. The van der Waals surface area contributed by atoms with Gasteiger partial charge in [-0.15, -0.1) is 0 Å². The first-order valence-corrected chi connectivity index (χ1v) is 8.10. The lowest BCUT2D eigenvalue weighted by Crippen LogP contribution is -2.16. The molecule has 0 aliphatic carbocycles. The fraction of sp³-hybridized carbons (Fsp3) is 0.312. The molecule has 0 bridgehead atoms. The van der Waals surface area contributed by atoms with Crippen molar-refractivity contribution < 1.29 is 0 Å². The van der Waals surface area contributed by atoms with Crippen molar-refractivity contribution in [2.24, 2.45) is 0 Å². The first-order chi connectivity index (χ1) is 10.2. The van der Waals surface area contributed by atoms with E-state index in [9.17, 15) is 5.26 Å². The molecular weight excluding hydrogens is 280 g/mol. The SMILES string of the molecule is CCC(C)Nc1nc(SC)nc(-c2ccccc2)c1C#N. The molecule has 4 nitrogen and oxygen atoms in total. The van der Waals surface area contributed by atoms with Crippen molar-refractivity contribution in [1.29, 1.82) is 5.26 Å². The summed E-state index contributed by atoms with van der Waals surface area (Å²) in [6.45, 7) is 4.17. The van der Waals surface area contributed by atoms with Crippen molar-refractivity contribution in [3.63, 3.8) is 0 Å². The Morgan fingerprint density at radius 2 is 2.00 bits per heavy atom. The molecule has 5 heteroatoms. The van der Waals surface area contributed by atoms with Crippen molar-refractivity contribution in [2.75, 3.05) is 11.6 Å². The van der Waals surface area contributed by atoms with Crippen LogP contribution in [0.2, 0.25) is 0 Å². The number of anilines is 1. The summed E-state index contributed by atoms with van der Waals surface area (Å²) in [6, 6.07) is 12.3. The zero-order valence-electron chi connectivity index (χ0n) is 12.4. The summed E-state index contributed by atoms with van der Waals surface area (Å²) in [6.07, 6.45) is 2.90. The summed E-state index contributed by atoms with van der Waals surface area (Å²) in [4.78, 5) is 8.97.